The fourth-order valence-electron chi connectivity index (χ4n) is 4.13. The minimum Gasteiger partial charge on any atom is -0.507 e. The molecule has 1 aliphatic rings. The van der Waals surface area contributed by atoms with Crippen LogP contribution in [0.15, 0.2) is 35.9 Å². The number of carbonyl (C=O) groups excluding carboxylic acids is 2. The number of fused-ring (bicyclic) bond motifs is 1. The number of aliphatic hydroxyl groups excluding tert-OH is 1. The van der Waals surface area contributed by atoms with Crippen LogP contribution in [0.1, 0.15) is 22.6 Å². The fourth-order valence-corrected chi connectivity index (χ4v) is 4.13. The van der Waals surface area contributed by atoms with Gasteiger partial charge in [-0.3, -0.25) is 4.79 Å². The lowest BCUT2D eigenvalue weighted by atomic mass is 9.70. The van der Waals surface area contributed by atoms with Crippen molar-refractivity contribution >= 4 is 17.7 Å². The molecule has 0 aliphatic heterocycles. The average molecular weight is 458 g/mol. The smallest absolute Gasteiger partial charge is 0.338 e. The Bertz CT molecular complexity index is 1100. The van der Waals surface area contributed by atoms with Gasteiger partial charge in [-0.05, 0) is 35.4 Å². The van der Waals surface area contributed by atoms with Gasteiger partial charge in [0.25, 0.3) is 0 Å². The van der Waals surface area contributed by atoms with E-state index in [1.54, 1.807) is 30.3 Å². The van der Waals surface area contributed by atoms with Crippen molar-refractivity contribution in [2.45, 2.75) is 5.92 Å². The standard InChI is InChI=1S/C24H26O9/c1-28-15-8-7-12(9-16(15)29-2)19-13-10-17(30-3)18(31-4)11-14(13)22(25)21(24(27)33-6)20(19)23(26)32-5/h7-11,19-20,25H,1-6H3/t19-,20+/m1/s1. The third-order valence-electron chi connectivity index (χ3n) is 5.67. The zero-order chi connectivity index (χ0) is 24.3. The summed E-state index contributed by atoms with van der Waals surface area (Å²) in [5.41, 5.74) is 1.22. The second-order valence-electron chi connectivity index (χ2n) is 7.14. The second kappa shape index (κ2) is 9.72. The molecule has 2 aromatic rings. The zero-order valence-electron chi connectivity index (χ0n) is 19.3. The van der Waals surface area contributed by atoms with E-state index in [0.717, 1.165) is 0 Å². The van der Waals surface area contributed by atoms with Gasteiger partial charge >= 0.3 is 11.9 Å². The molecule has 1 N–H and O–H groups in total. The summed E-state index contributed by atoms with van der Waals surface area (Å²) >= 11 is 0. The van der Waals surface area contributed by atoms with Crippen LogP contribution in [-0.2, 0) is 19.1 Å². The average Bonchev–Trinajstić information content (AvgIpc) is 2.86. The highest BCUT2D eigenvalue weighted by atomic mass is 16.5. The van der Waals surface area contributed by atoms with E-state index in [4.69, 9.17) is 28.4 Å². The van der Waals surface area contributed by atoms with Crippen molar-refractivity contribution in [1.82, 2.24) is 0 Å². The lowest BCUT2D eigenvalue weighted by Crippen LogP contribution is -2.34. The van der Waals surface area contributed by atoms with E-state index in [2.05, 4.69) is 0 Å². The Balaban J connectivity index is 2.41. The number of ether oxygens (including phenoxy) is 6. The van der Waals surface area contributed by atoms with E-state index in [1.807, 2.05) is 0 Å². The molecule has 0 spiro atoms. The number of benzene rings is 2. The fraction of sp³-hybridized carbons (Fsp3) is 0.333. The predicted molar refractivity (Wildman–Crippen MR) is 118 cm³/mol. The third-order valence-corrected chi connectivity index (χ3v) is 5.67. The Kier molecular flexibility index (Phi) is 7.01. The lowest BCUT2D eigenvalue weighted by molar-refractivity contribution is -0.148. The molecule has 33 heavy (non-hydrogen) atoms. The first-order chi connectivity index (χ1) is 15.9. The number of carbonyl (C=O) groups is 2. The molecule has 0 heterocycles. The molecule has 176 valence electrons. The first-order valence-electron chi connectivity index (χ1n) is 9.94. The highest BCUT2D eigenvalue weighted by Gasteiger charge is 2.46. The highest BCUT2D eigenvalue weighted by Crippen LogP contribution is 2.50. The number of rotatable bonds is 7. The molecule has 0 amide bonds. The van der Waals surface area contributed by atoms with Gasteiger partial charge in [0.15, 0.2) is 23.0 Å². The molecular weight excluding hydrogens is 432 g/mol. The van der Waals surface area contributed by atoms with E-state index in [0.29, 0.717) is 39.7 Å². The van der Waals surface area contributed by atoms with E-state index < -0.39 is 29.5 Å². The highest BCUT2D eigenvalue weighted by molar-refractivity contribution is 6.04. The molecule has 0 unspecified atom stereocenters. The van der Waals surface area contributed by atoms with Crippen LogP contribution in [0.2, 0.25) is 0 Å². The Hall–Kier alpha value is -3.88. The van der Waals surface area contributed by atoms with Gasteiger partial charge in [-0.1, -0.05) is 6.07 Å². The number of esters is 2. The first kappa shape index (κ1) is 23.8. The number of aliphatic hydroxyl groups is 1. The molecule has 2 aromatic carbocycles. The maximum atomic E-state index is 13.0. The molecule has 3 rings (SSSR count). The summed E-state index contributed by atoms with van der Waals surface area (Å²) in [6.07, 6.45) is 0. The predicted octanol–water partition coefficient (Wildman–Crippen LogP) is 3.10. The maximum Gasteiger partial charge on any atom is 0.338 e. The molecule has 0 fully saturated rings. The van der Waals surface area contributed by atoms with E-state index in [-0.39, 0.29) is 5.57 Å². The van der Waals surface area contributed by atoms with Crippen LogP contribution in [0.5, 0.6) is 23.0 Å². The summed E-state index contributed by atoms with van der Waals surface area (Å²) < 4.78 is 31.5. The maximum absolute atomic E-state index is 13.0. The molecule has 0 saturated heterocycles. The first-order valence-corrected chi connectivity index (χ1v) is 9.94. The normalized spacial score (nSPS) is 17.0. The van der Waals surface area contributed by atoms with E-state index in [9.17, 15) is 14.7 Å². The Morgan fingerprint density at radius 2 is 1.33 bits per heavy atom. The second-order valence-corrected chi connectivity index (χ2v) is 7.14. The van der Waals surface area contributed by atoms with E-state index >= 15 is 0 Å². The van der Waals surface area contributed by atoms with E-state index in [1.165, 1.54) is 42.7 Å². The molecule has 2 atom stereocenters. The van der Waals surface area contributed by atoms with Crippen LogP contribution in [0.3, 0.4) is 0 Å². The van der Waals surface area contributed by atoms with Crippen LogP contribution < -0.4 is 18.9 Å². The summed E-state index contributed by atoms with van der Waals surface area (Å²) in [7, 11) is 8.33. The molecule has 0 aromatic heterocycles. The van der Waals surface area contributed by atoms with Crippen molar-refractivity contribution in [2.24, 2.45) is 5.92 Å². The van der Waals surface area contributed by atoms with Crippen molar-refractivity contribution in [1.29, 1.82) is 0 Å². The van der Waals surface area contributed by atoms with Crippen molar-refractivity contribution < 1.29 is 43.1 Å². The number of hydrogen-bond acceptors (Lipinski definition) is 9. The molecule has 9 nitrogen and oxygen atoms in total. The molecule has 9 heteroatoms. The van der Waals surface area contributed by atoms with Gasteiger partial charge in [0.2, 0.25) is 0 Å². The number of methoxy groups -OCH3 is 6. The summed E-state index contributed by atoms with van der Waals surface area (Å²) in [6.45, 7) is 0. The van der Waals surface area contributed by atoms with Crippen LogP contribution in [0.25, 0.3) is 5.76 Å². The SMILES string of the molecule is COC(=O)C1=C(O)c2cc(OC)c(OC)cc2[C@@H](c2ccc(OC)c(OC)c2)[C@@H]1C(=O)OC. The monoisotopic (exact) mass is 458 g/mol. The Morgan fingerprint density at radius 3 is 1.88 bits per heavy atom. The van der Waals surface area contributed by atoms with Gasteiger partial charge in [0, 0.05) is 11.5 Å². The quantitative estimate of drug-likeness (QED) is 0.626. The molecule has 0 saturated carbocycles. The van der Waals surface area contributed by atoms with Crippen LogP contribution in [0.4, 0.5) is 0 Å². The van der Waals surface area contributed by atoms with Gasteiger partial charge in [0.05, 0.1) is 48.2 Å². The molecule has 1 aliphatic carbocycles. The largest absolute Gasteiger partial charge is 0.507 e. The third kappa shape index (κ3) is 4.02. The van der Waals surface area contributed by atoms with Crippen molar-refractivity contribution in [3.63, 3.8) is 0 Å². The lowest BCUT2D eigenvalue weighted by Gasteiger charge is -2.34. The molecular formula is C24H26O9. The Morgan fingerprint density at radius 1 is 0.758 bits per heavy atom. The van der Waals surface area contributed by atoms with Gasteiger partial charge in [-0.2, -0.15) is 0 Å². The minimum absolute atomic E-state index is 0.219. The topological polar surface area (TPSA) is 110 Å². The Labute approximate surface area is 191 Å². The minimum atomic E-state index is -1.20. The summed E-state index contributed by atoms with van der Waals surface area (Å²) in [6, 6.07) is 8.36. The van der Waals surface area contributed by atoms with Crippen molar-refractivity contribution in [2.75, 3.05) is 42.7 Å². The van der Waals surface area contributed by atoms with Crippen LogP contribution in [0, 0.1) is 5.92 Å². The summed E-state index contributed by atoms with van der Waals surface area (Å²) in [5, 5.41) is 11.1. The summed E-state index contributed by atoms with van der Waals surface area (Å²) in [5.74, 6) is -2.27. The molecule has 0 bridgehead atoms. The van der Waals surface area contributed by atoms with Gasteiger partial charge in [-0.25, -0.2) is 4.79 Å². The van der Waals surface area contributed by atoms with Crippen molar-refractivity contribution in [3.05, 3.63) is 52.6 Å². The van der Waals surface area contributed by atoms with Gasteiger partial charge in [0.1, 0.15) is 11.7 Å². The molecule has 0 radical (unpaired) electrons. The van der Waals surface area contributed by atoms with Gasteiger partial charge < -0.3 is 33.5 Å². The zero-order valence-corrected chi connectivity index (χ0v) is 19.3. The van der Waals surface area contributed by atoms with Crippen LogP contribution in [-0.4, -0.2) is 59.7 Å². The van der Waals surface area contributed by atoms with Crippen molar-refractivity contribution in [3.8, 4) is 23.0 Å². The van der Waals surface area contributed by atoms with Gasteiger partial charge in [-0.15, -0.1) is 0 Å². The summed E-state index contributed by atoms with van der Waals surface area (Å²) in [4.78, 5) is 25.8. The number of hydrogen-bond donors (Lipinski definition) is 1. The van der Waals surface area contributed by atoms with Crippen LogP contribution >= 0.6 is 0 Å².